The fourth-order valence-corrected chi connectivity index (χ4v) is 1.70. The molecule has 18 heavy (non-hydrogen) atoms. The first-order valence-corrected chi connectivity index (χ1v) is 5.82. The summed E-state index contributed by atoms with van der Waals surface area (Å²) in [5.41, 5.74) is 1.25. The summed E-state index contributed by atoms with van der Waals surface area (Å²) in [4.78, 5) is 15.5. The molecule has 4 nitrogen and oxygen atoms in total. The number of carbonyl (C=O) groups is 1. The molecule has 1 aromatic carbocycles. The third-order valence-electron chi connectivity index (χ3n) is 2.73. The molecule has 2 rings (SSSR count). The number of carbonyl (C=O) groups excluding carboxylic acids is 1. The van der Waals surface area contributed by atoms with Crippen molar-refractivity contribution in [3.8, 4) is 0 Å². The summed E-state index contributed by atoms with van der Waals surface area (Å²) >= 11 is 0. The van der Waals surface area contributed by atoms with Gasteiger partial charge in [0.15, 0.2) is 0 Å². The Morgan fingerprint density at radius 1 is 1.50 bits per heavy atom. The zero-order valence-corrected chi connectivity index (χ0v) is 10.5. The third-order valence-corrected chi connectivity index (χ3v) is 2.73. The summed E-state index contributed by atoms with van der Waals surface area (Å²) in [7, 11) is 0. The number of furan rings is 1. The van der Waals surface area contributed by atoms with Gasteiger partial charge in [-0.05, 0) is 44.8 Å². The lowest BCUT2D eigenvalue weighted by molar-refractivity contribution is 0.0526. The predicted octanol–water partition coefficient (Wildman–Crippen LogP) is 3.37. The molecule has 2 aromatic rings. The van der Waals surface area contributed by atoms with Crippen LogP contribution in [0.5, 0.6) is 0 Å². The van der Waals surface area contributed by atoms with Crippen LogP contribution >= 0.6 is 0 Å². The van der Waals surface area contributed by atoms with Gasteiger partial charge in [0.25, 0.3) is 0 Å². The molecular formula is C14H15NO3. The number of rotatable bonds is 4. The average molecular weight is 245 g/mol. The highest BCUT2D eigenvalue weighted by Crippen LogP contribution is 2.26. The van der Waals surface area contributed by atoms with Crippen molar-refractivity contribution < 1.29 is 13.9 Å². The van der Waals surface area contributed by atoms with Gasteiger partial charge in [0.2, 0.25) is 0 Å². The molecule has 0 N–H and O–H groups in total. The number of hydrogen-bond acceptors (Lipinski definition) is 4. The van der Waals surface area contributed by atoms with E-state index in [-0.39, 0.29) is 12.0 Å². The van der Waals surface area contributed by atoms with Crippen LogP contribution in [0.3, 0.4) is 0 Å². The van der Waals surface area contributed by atoms with Crippen LogP contribution in [0.15, 0.2) is 33.7 Å². The van der Waals surface area contributed by atoms with Gasteiger partial charge in [0, 0.05) is 5.39 Å². The molecule has 1 heterocycles. The molecule has 94 valence electrons. The Kier molecular flexibility index (Phi) is 3.46. The fraction of sp³-hybridized carbons (Fsp3) is 0.286. The first kappa shape index (κ1) is 12.4. The minimum atomic E-state index is -0.322. The van der Waals surface area contributed by atoms with Crippen molar-refractivity contribution in [3.63, 3.8) is 0 Å². The minimum absolute atomic E-state index is 0.0940. The highest BCUT2D eigenvalue weighted by atomic mass is 16.5. The molecule has 0 radical (unpaired) electrons. The summed E-state index contributed by atoms with van der Waals surface area (Å²) in [6, 6.07) is 7.00. The predicted molar refractivity (Wildman–Crippen MR) is 70.1 cm³/mol. The number of aliphatic imine (C=N–C) groups is 1. The van der Waals surface area contributed by atoms with Gasteiger partial charge in [-0.1, -0.05) is 0 Å². The van der Waals surface area contributed by atoms with E-state index in [2.05, 4.69) is 11.7 Å². The maximum atomic E-state index is 11.6. The van der Waals surface area contributed by atoms with E-state index in [0.29, 0.717) is 12.2 Å². The first-order valence-electron chi connectivity index (χ1n) is 5.82. The number of benzene rings is 1. The second-order valence-corrected chi connectivity index (χ2v) is 3.98. The Morgan fingerprint density at radius 2 is 2.28 bits per heavy atom. The summed E-state index contributed by atoms with van der Waals surface area (Å²) in [5.74, 6) is 0.415. The molecule has 1 atom stereocenters. The zero-order valence-electron chi connectivity index (χ0n) is 10.5. The SMILES string of the molecule is C=NC(C)c1cc2cc(C(=O)OCC)ccc2o1. The average Bonchev–Trinajstić information content (AvgIpc) is 2.80. The highest BCUT2D eigenvalue weighted by Gasteiger charge is 2.12. The molecule has 0 aliphatic heterocycles. The van der Waals surface area contributed by atoms with Crippen molar-refractivity contribution in [2.45, 2.75) is 19.9 Å². The summed E-state index contributed by atoms with van der Waals surface area (Å²) in [6.07, 6.45) is 0. The quantitative estimate of drug-likeness (QED) is 0.613. The molecule has 0 bridgehead atoms. The number of hydrogen-bond donors (Lipinski definition) is 0. The van der Waals surface area contributed by atoms with Crippen LogP contribution in [0.1, 0.15) is 36.0 Å². The molecule has 0 saturated carbocycles. The monoisotopic (exact) mass is 245 g/mol. The van der Waals surface area contributed by atoms with E-state index >= 15 is 0 Å². The molecule has 0 amide bonds. The van der Waals surface area contributed by atoms with E-state index in [9.17, 15) is 4.79 Å². The molecule has 0 fully saturated rings. The minimum Gasteiger partial charge on any atom is -0.462 e. The lowest BCUT2D eigenvalue weighted by Crippen LogP contribution is -2.03. The van der Waals surface area contributed by atoms with Crippen molar-refractivity contribution in [2.75, 3.05) is 6.61 Å². The smallest absolute Gasteiger partial charge is 0.338 e. The molecular weight excluding hydrogens is 230 g/mol. The van der Waals surface area contributed by atoms with Crippen molar-refractivity contribution in [2.24, 2.45) is 4.99 Å². The molecule has 0 aliphatic carbocycles. The van der Waals surface area contributed by atoms with Gasteiger partial charge in [-0.15, -0.1) is 0 Å². The summed E-state index contributed by atoms with van der Waals surface area (Å²) < 4.78 is 10.6. The van der Waals surface area contributed by atoms with Crippen molar-refractivity contribution in [3.05, 3.63) is 35.6 Å². The number of fused-ring (bicyclic) bond motifs is 1. The summed E-state index contributed by atoms with van der Waals surface area (Å²) in [5, 5.41) is 0.867. The zero-order chi connectivity index (χ0) is 13.1. The van der Waals surface area contributed by atoms with Crippen molar-refractivity contribution in [1.29, 1.82) is 0 Å². The Hall–Kier alpha value is -2.10. The van der Waals surface area contributed by atoms with E-state index < -0.39 is 0 Å². The van der Waals surface area contributed by atoms with Crippen LogP contribution < -0.4 is 0 Å². The highest BCUT2D eigenvalue weighted by molar-refractivity contribution is 5.94. The second-order valence-electron chi connectivity index (χ2n) is 3.98. The molecule has 1 aromatic heterocycles. The third kappa shape index (κ3) is 2.27. The van der Waals surface area contributed by atoms with Gasteiger partial charge in [-0.25, -0.2) is 4.79 Å². The van der Waals surface area contributed by atoms with Crippen LogP contribution in [-0.4, -0.2) is 19.3 Å². The second kappa shape index (κ2) is 5.04. The Balaban J connectivity index is 2.39. The van der Waals surface area contributed by atoms with Gasteiger partial charge in [-0.3, -0.25) is 4.99 Å². The normalized spacial score (nSPS) is 12.3. The van der Waals surface area contributed by atoms with Gasteiger partial charge in [0.1, 0.15) is 17.4 Å². The van der Waals surface area contributed by atoms with Crippen molar-refractivity contribution in [1.82, 2.24) is 0 Å². The van der Waals surface area contributed by atoms with Gasteiger partial charge < -0.3 is 9.15 Å². The van der Waals surface area contributed by atoms with E-state index in [1.807, 2.05) is 13.0 Å². The maximum Gasteiger partial charge on any atom is 0.338 e. The topological polar surface area (TPSA) is 51.8 Å². The standard InChI is InChI=1S/C14H15NO3/c1-4-17-14(16)10-5-6-12-11(7-10)8-13(18-12)9(2)15-3/h5-9H,3-4H2,1-2H3. The first-order chi connectivity index (χ1) is 8.65. The van der Waals surface area contributed by atoms with Crippen LogP contribution in [0.2, 0.25) is 0 Å². The van der Waals surface area contributed by atoms with Crippen LogP contribution in [0, 0.1) is 0 Å². The molecule has 0 saturated heterocycles. The van der Waals surface area contributed by atoms with E-state index in [0.717, 1.165) is 16.7 Å². The largest absolute Gasteiger partial charge is 0.462 e. The van der Waals surface area contributed by atoms with Crippen LogP contribution in [0.4, 0.5) is 0 Å². The lowest BCUT2D eigenvalue weighted by Gasteiger charge is -2.00. The Labute approximate surface area is 105 Å². The number of ether oxygens (including phenoxy) is 1. The summed E-state index contributed by atoms with van der Waals surface area (Å²) in [6.45, 7) is 7.54. The van der Waals surface area contributed by atoms with E-state index in [1.165, 1.54) is 0 Å². The van der Waals surface area contributed by atoms with Crippen molar-refractivity contribution >= 4 is 23.7 Å². The van der Waals surface area contributed by atoms with E-state index in [1.54, 1.807) is 25.1 Å². The van der Waals surface area contributed by atoms with E-state index in [4.69, 9.17) is 9.15 Å². The Bertz CT molecular complexity index is 586. The van der Waals surface area contributed by atoms with Crippen LogP contribution in [-0.2, 0) is 4.74 Å². The van der Waals surface area contributed by atoms with Crippen LogP contribution in [0.25, 0.3) is 11.0 Å². The van der Waals surface area contributed by atoms with Gasteiger partial charge in [-0.2, -0.15) is 0 Å². The Morgan fingerprint density at radius 3 is 2.94 bits per heavy atom. The number of esters is 1. The number of nitrogens with zero attached hydrogens (tertiary/aromatic N) is 1. The molecule has 0 aliphatic rings. The molecule has 4 heteroatoms. The lowest BCUT2D eigenvalue weighted by atomic mass is 10.1. The maximum absolute atomic E-state index is 11.6. The van der Waals surface area contributed by atoms with Gasteiger partial charge >= 0.3 is 5.97 Å². The van der Waals surface area contributed by atoms with Gasteiger partial charge in [0.05, 0.1) is 12.2 Å². The fourth-order valence-electron chi connectivity index (χ4n) is 1.70. The molecule has 0 spiro atoms. The molecule has 1 unspecified atom stereocenters.